The van der Waals surface area contributed by atoms with Crippen molar-refractivity contribution in [3.05, 3.63) is 106 Å². The lowest BCUT2D eigenvalue weighted by molar-refractivity contribution is 0.626. The van der Waals surface area contributed by atoms with Crippen LogP contribution in [0.5, 0.6) is 0 Å². The Bertz CT molecular complexity index is 918. The zero-order valence-electron chi connectivity index (χ0n) is 13.6. The summed E-state index contributed by atoms with van der Waals surface area (Å²) in [4.78, 5) is 5.65. The predicted molar refractivity (Wildman–Crippen MR) is 110 cm³/mol. The van der Waals surface area contributed by atoms with Gasteiger partial charge < -0.3 is 0 Å². The van der Waals surface area contributed by atoms with Crippen molar-refractivity contribution < 1.29 is 4.39 Å². The van der Waals surface area contributed by atoms with Crippen molar-refractivity contribution in [1.29, 1.82) is 0 Å². The second-order valence-electron chi connectivity index (χ2n) is 5.35. The maximum absolute atomic E-state index is 13.0. The molecule has 3 rings (SSSR count). The normalized spacial score (nSPS) is 11.9. The summed E-state index contributed by atoms with van der Waals surface area (Å²) >= 11 is 13.4. The van der Waals surface area contributed by atoms with Gasteiger partial charge in [0.15, 0.2) is 0 Å². The van der Waals surface area contributed by atoms with Crippen LogP contribution >= 0.6 is 35.0 Å². The van der Waals surface area contributed by atoms with E-state index in [1.54, 1.807) is 24.3 Å². The van der Waals surface area contributed by atoms with Gasteiger partial charge in [0.05, 0.1) is 11.4 Å². The summed E-state index contributed by atoms with van der Waals surface area (Å²) in [6.45, 7) is 0. The Morgan fingerprint density at radius 2 is 1.38 bits per heavy atom. The number of thioether (sulfide) groups is 1. The van der Waals surface area contributed by atoms with Crippen LogP contribution in [0.15, 0.2) is 94.2 Å². The van der Waals surface area contributed by atoms with E-state index in [0.717, 1.165) is 21.9 Å². The number of nitrogens with zero attached hydrogens (tertiary/aromatic N) is 1. The molecule has 0 aliphatic rings. The van der Waals surface area contributed by atoms with E-state index in [-0.39, 0.29) is 5.82 Å². The third-order valence-electron chi connectivity index (χ3n) is 3.46. The highest BCUT2D eigenvalue weighted by Gasteiger charge is 2.02. The molecular weight excluding hydrogens is 388 g/mol. The topological polar surface area (TPSA) is 12.4 Å². The largest absolute Gasteiger partial charge is 0.248 e. The summed E-state index contributed by atoms with van der Waals surface area (Å²) in [6, 6.07) is 21.2. The van der Waals surface area contributed by atoms with Crippen molar-refractivity contribution in [3.8, 4) is 0 Å². The average Bonchev–Trinajstić information content (AvgIpc) is 2.65. The molecule has 0 saturated heterocycles. The Morgan fingerprint density at radius 3 is 2.00 bits per heavy atom. The fourth-order valence-corrected chi connectivity index (χ4v) is 3.06. The van der Waals surface area contributed by atoms with Crippen molar-refractivity contribution in [2.45, 2.75) is 4.90 Å². The molecule has 1 nitrogen and oxygen atoms in total. The zero-order valence-corrected chi connectivity index (χ0v) is 15.9. The van der Waals surface area contributed by atoms with E-state index in [4.69, 9.17) is 28.2 Å². The molecule has 0 aliphatic carbocycles. The van der Waals surface area contributed by atoms with Gasteiger partial charge >= 0.3 is 0 Å². The summed E-state index contributed by atoms with van der Waals surface area (Å²) in [5.41, 5.74) is 2.54. The fraction of sp³-hybridized carbons (Fsp3) is 0. The number of hydrogen-bond donors (Lipinski definition) is 0. The van der Waals surface area contributed by atoms with Gasteiger partial charge in [-0.05, 0) is 72.1 Å². The number of rotatable bonds is 5. The summed E-state index contributed by atoms with van der Waals surface area (Å²) in [7, 11) is 0. The van der Waals surface area contributed by atoms with E-state index in [1.807, 2.05) is 47.9 Å². The Balaban J connectivity index is 1.87. The van der Waals surface area contributed by atoms with E-state index in [0.29, 0.717) is 10.0 Å². The minimum absolute atomic E-state index is 0.246. The van der Waals surface area contributed by atoms with Crippen molar-refractivity contribution in [1.82, 2.24) is 0 Å². The molecule has 0 saturated carbocycles. The third-order valence-corrected chi connectivity index (χ3v) is 4.78. The van der Waals surface area contributed by atoms with Crippen LogP contribution in [0.2, 0.25) is 10.0 Å². The first-order chi connectivity index (χ1) is 12.6. The molecule has 5 heteroatoms. The Hall–Kier alpha value is -2.07. The molecule has 0 spiro atoms. The molecule has 0 aromatic heterocycles. The minimum Gasteiger partial charge on any atom is -0.248 e. The van der Waals surface area contributed by atoms with Gasteiger partial charge in [0.1, 0.15) is 5.82 Å². The van der Waals surface area contributed by atoms with Gasteiger partial charge in [-0.15, -0.1) is 0 Å². The first-order valence-corrected chi connectivity index (χ1v) is 9.43. The van der Waals surface area contributed by atoms with Crippen molar-refractivity contribution in [2.75, 3.05) is 0 Å². The molecular formula is C21H14Cl2FNS. The summed E-state index contributed by atoms with van der Waals surface area (Å²) in [5, 5.41) is 3.26. The van der Waals surface area contributed by atoms with Crippen LogP contribution in [-0.4, -0.2) is 5.71 Å². The Kier molecular flexibility index (Phi) is 6.51. The minimum atomic E-state index is -0.246. The second kappa shape index (κ2) is 9.04. The standard InChI is InChI=1S/C21H14Cl2FNS/c22-16-3-1-15(2-4-16)21(25-19-9-5-17(23)6-10-19)13-14-26-20-11-7-18(24)8-12-20/h1-14H/b14-13+,25-21?. The van der Waals surface area contributed by atoms with E-state index < -0.39 is 0 Å². The predicted octanol–water partition coefficient (Wildman–Crippen LogP) is 7.56. The lowest BCUT2D eigenvalue weighted by Gasteiger charge is -2.04. The van der Waals surface area contributed by atoms with E-state index >= 15 is 0 Å². The van der Waals surface area contributed by atoms with Crippen LogP contribution in [0, 0.1) is 5.82 Å². The lowest BCUT2D eigenvalue weighted by atomic mass is 10.1. The van der Waals surface area contributed by atoms with Crippen LogP contribution in [0.4, 0.5) is 10.1 Å². The first-order valence-electron chi connectivity index (χ1n) is 7.79. The molecule has 0 N–H and O–H groups in total. The molecule has 0 atom stereocenters. The monoisotopic (exact) mass is 401 g/mol. The smallest absolute Gasteiger partial charge is 0.123 e. The van der Waals surface area contributed by atoms with Gasteiger partial charge in [-0.25, -0.2) is 9.38 Å². The van der Waals surface area contributed by atoms with Crippen molar-refractivity contribution in [3.63, 3.8) is 0 Å². The van der Waals surface area contributed by atoms with E-state index in [2.05, 4.69) is 0 Å². The number of benzene rings is 3. The number of allylic oxidation sites excluding steroid dienone is 1. The number of halogens is 3. The molecule has 0 radical (unpaired) electrons. The molecule has 0 bridgehead atoms. The van der Waals surface area contributed by atoms with Gasteiger partial charge in [-0.2, -0.15) is 0 Å². The third kappa shape index (κ3) is 5.46. The van der Waals surface area contributed by atoms with Crippen LogP contribution in [0.25, 0.3) is 0 Å². The number of hydrogen-bond acceptors (Lipinski definition) is 2. The average molecular weight is 402 g/mol. The van der Waals surface area contributed by atoms with Crippen LogP contribution in [0.1, 0.15) is 5.56 Å². The maximum atomic E-state index is 13.0. The van der Waals surface area contributed by atoms with Crippen LogP contribution < -0.4 is 0 Å². The molecule has 130 valence electrons. The van der Waals surface area contributed by atoms with Crippen molar-refractivity contribution in [2.24, 2.45) is 4.99 Å². The zero-order chi connectivity index (χ0) is 18.4. The van der Waals surface area contributed by atoms with Gasteiger partial charge in [-0.1, -0.05) is 47.1 Å². The quantitative estimate of drug-likeness (QED) is 0.317. The van der Waals surface area contributed by atoms with Gasteiger partial charge in [0.2, 0.25) is 0 Å². The van der Waals surface area contributed by atoms with Crippen LogP contribution in [-0.2, 0) is 0 Å². The highest BCUT2D eigenvalue weighted by atomic mass is 35.5. The van der Waals surface area contributed by atoms with E-state index in [9.17, 15) is 4.39 Å². The van der Waals surface area contributed by atoms with Gasteiger partial charge in [0, 0.05) is 20.5 Å². The van der Waals surface area contributed by atoms with Gasteiger partial charge in [0.25, 0.3) is 0 Å². The summed E-state index contributed by atoms with van der Waals surface area (Å²) in [6.07, 6.45) is 1.92. The highest BCUT2D eigenvalue weighted by molar-refractivity contribution is 8.02. The second-order valence-corrected chi connectivity index (χ2v) is 7.21. The molecule has 3 aromatic rings. The van der Waals surface area contributed by atoms with E-state index in [1.165, 1.54) is 23.9 Å². The fourth-order valence-electron chi connectivity index (χ4n) is 2.16. The molecule has 0 amide bonds. The molecule has 0 fully saturated rings. The first kappa shape index (κ1) is 18.7. The Labute approximate surface area is 166 Å². The molecule has 0 unspecified atom stereocenters. The number of aliphatic imine (C=N–C) groups is 1. The molecule has 0 aliphatic heterocycles. The molecule has 3 aromatic carbocycles. The summed E-state index contributed by atoms with van der Waals surface area (Å²) < 4.78 is 13.0. The van der Waals surface area contributed by atoms with Gasteiger partial charge in [-0.3, -0.25) is 0 Å². The molecule has 0 heterocycles. The Morgan fingerprint density at radius 1 is 0.808 bits per heavy atom. The van der Waals surface area contributed by atoms with Crippen molar-refractivity contribution >= 4 is 46.4 Å². The molecule has 26 heavy (non-hydrogen) atoms. The lowest BCUT2D eigenvalue weighted by Crippen LogP contribution is -1.95. The highest BCUT2D eigenvalue weighted by Crippen LogP contribution is 2.22. The van der Waals surface area contributed by atoms with Crippen LogP contribution in [0.3, 0.4) is 0 Å². The SMILES string of the molecule is Fc1ccc(S/C=C/C(=Nc2ccc(Cl)cc2)c2ccc(Cl)cc2)cc1. The summed E-state index contributed by atoms with van der Waals surface area (Å²) in [5.74, 6) is -0.246. The maximum Gasteiger partial charge on any atom is 0.123 e.